The molecule has 24 heavy (non-hydrogen) atoms. The van der Waals surface area contributed by atoms with Crippen LogP contribution in [0.1, 0.15) is 23.4 Å². The fourth-order valence-corrected chi connectivity index (χ4v) is 3.64. The van der Waals surface area contributed by atoms with Gasteiger partial charge in [-0.1, -0.05) is 19.1 Å². The van der Waals surface area contributed by atoms with Crippen molar-refractivity contribution in [2.24, 2.45) is 0 Å². The molecule has 0 aliphatic carbocycles. The van der Waals surface area contributed by atoms with Gasteiger partial charge in [0, 0.05) is 56.3 Å². The van der Waals surface area contributed by atoms with Gasteiger partial charge in [0.05, 0.1) is 5.69 Å². The summed E-state index contributed by atoms with van der Waals surface area (Å²) in [6.45, 7) is 7.02. The van der Waals surface area contributed by atoms with Crippen molar-refractivity contribution in [1.29, 1.82) is 0 Å². The topological polar surface area (TPSA) is 48.5 Å². The van der Waals surface area contributed by atoms with Gasteiger partial charge in [0.1, 0.15) is 0 Å². The number of thiophene rings is 1. The first-order chi connectivity index (χ1) is 11.7. The first-order valence-electron chi connectivity index (χ1n) is 8.41. The largest absolute Gasteiger partial charge is 0.337 e. The Bertz CT molecular complexity index is 624. The number of amides is 2. The number of piperazine rings is 1. The van der Waals surface area contributed by atoms with E-state index in [0.717, 1.165) is 38.4 Å². The lowest BCUT2D eigenvalue weighted by Gasteiger charge is -2.34. The molecule has 1 saturated heterocycles. The third kappa shape index (κ3) is 4.55. The summed E-state index contributed by atoms with van der Waals surface area (Å²) in [4.78, 5) is 22.3. The second kappa shape index (κ2) is 8.26. The summed E-state index contributed by atoms with van der Waals surface area (Å²) < 4.78 is 0. The van der Waals surface area contributed by atoms with Crippen molar-refractivity contribution in [2.45, 2.75) is 19.4 Å². The average Bonchev–Trinajstić information content (AvgIpc) is 3.16. The number of nitrogens with zero attached hydrogens (tertiary/aromatic N) is 3. The van der Waals surface area contributed by atoms with Crippen LogP contribution in [0.2, 0.25) is 0 Å². The van der Waals surface area contributed by atoms with Crippen LogP contribution in [0, 0.1) is 0 Å². The lowest BCUT2D eigenvalue weighted by molar-refractivity contribution is 0.134. The standard InChI is InChI=1S/C18H24N4OS/c1-15(17-6-4-12-24-17)13-20-18(23)22-10-8-21(9-11-22)14-16-5-2-3-7-19-16/h2-7,12,15H,8-11,13-14H2,1H3,(H,20,23)/t15-/m1/s1. The van der Waals surface area contributed by atoms with E-state index >= 15 is 0 Å². The molecule has 1 fully saturated rings. The molecule has 6 heteroatoms. The van der Waals surface area contributed by atoms with Crippen LogP contribution in [0.3, 0.4) is 0 Å². The van der Waals surface area contributed by atoms with Crippen LogP contribution < -0.4 is 5.32 Å². The van der Waals surface area contributed by atoms with Gasteiger partial charge in [0.25, 0.3) is 0 Å². The van der Waals surface area contributed by atoms with Gasteiger partial charge < -0.3 is 10.2 Å². The predicted octanol–water partition coefficient (Wildman–Crippen LogP) is 2.77. The molecule has 3 heterocycles. The van der Waals surface area contributed by atoms with Gasteiger partial charge in [0.15, 0.2) is 0 Å². The zero-order valence-corrected chi connectivity index (χ0v) is 14.8. The van der Waals surface area contributed by atoms with Crippen molar-refractivity contribution >= 4 is 17.4 Å². The molecule has 2 amide bonds. The van der Waals surface area contributed by atoms with Gasteiger partial charge in [-0.3, -0.25) is 9.88 Å². The molecule has 0 spiro atoms. The Hall–Kier alpha value is -1.92. The van der Waals surface area contributed by atoms with Crippen LogP contribution in [-0.4, -0.2) is 53.5 Å². The number of rotatable bonds is 5. The molecule has 1 atom stereocenters. The Morgan fingerprint density at radius 1 is 1.25 bits per heavy atom. The number of urea groups is 1. The quantitative estimate of drug-likeness (QED) is 0.907. The van der Waals surface area contributed by atoms with E-state index in [9.17, 15) is 4.79 Å². The molecule has 1 aliphatic rings. The van der Waals surface area contributed by atoms with E-state index in [1.807, 2.05) is 29.3 Å². The van der Waals surface area contributed by atoms with E-state index in [1.165, 1.54) is 4.88 Å². The summed E-state index contributed by atoms with van der Waals surface area (Å²) in [6.07, 6.45) is 1.83. The van der Waals surface area contributed by atoms with Crippen LogP contribution in [0.4, 0.5) is 4.79 Å². The SMILES string of the molecule is C[C@H](CNC(=O)N1CCN(Cc2ccccn2)CC1)c1cccs1. The zero-order valence-electron chi connectivity index (χ0n) is 14.0. The molecule has 0 aromatic carbocycles. The Labute approximate surface area is 147 Å². The van der Waals surface area contributed by atoms with Gasteiger partial charge in [0.2, 0.25) is 0 Å². The summed E-state index contributed by atoms with van der Waals surface area (Å²) in [5.41, 5.74) is 1.08. The Kier molecular flexibility index (Phi) is 5.82. The van der Waals surface area contributed by atoms with E-state index < -0.39 is 0 Å². The molecule has 1 N–H and O–H groups in total. The highest BCUT2D eigenvalue weighted by Gasteiger charge is 2.21. The summed E-state index contributed by atoms with van der Waals surface area (Å²) in [6, 6.07) is 10.2. The van der Waals surface area contributed by atoms with Crippen molar-refractivity contribution in [3.8, 4) is 0 Å². The highest BCUT2D eigenvalue weighted by atomic mass is 32.1. The molecule has 2 aromatic rings. The Morgan fingerprint density at radius 2 is 2.08 bits per heavy atom. The minimum atomic E-state index is 0.0518. The Balaban J connectivity index is 1.40. The van der Waals surface area contributed by atoms with Crippen molar-refractivity contribution in [3.05, 3.63) is 52.5 Å². The lowest BCUT2D eigenvalue weighted by Crippen LogP contribution is -2.51. The summed E-state index contributed by atoms with van der Waals surface area (Å²) in [5.74, 6) is 0.361. The van der Waals surface area contributed by atoms with Crippen molar-refractivity contribution < 1.29 is 4.79 Å². The first kappa shape index (κ1) is 16.9. The van der Waals surface area contributed by atoms with Gasteiger partial charge in [-0.05, 0) is 23.6 Å². The maximum Gasteiger partial charge on any atom is 0.317 e. The van der Waals surface area contributed by atoms with Gasteiger partial charge in [-0.15, -0.1) is 11.3 Å². The normalized spacial score (nSPS) is 16.8. The Morgan fingerprint density at radius 3 is 2.75 bits per heavy atom. The van der Waals surface area contributed by atoms with Crippen LogP contribution >= 0.6 is 11.3 Å². The molecule has 3 rings (SSSR count). The minimum Gasteiger partial charge on any atom is -0.337 e. The highest BCUT2D eigenvalue weighted by Crippen LogP contribution is 2.19. The first-order valence-corrected chi connectivity index (χ1v) is 9.29. The van der Waals surface area contributed by atoms with Gasteiger partial charge in [-0.25, -0.2) is 4.79 Å². The van der Waals surface area contributed by atoms with E-state index in [-0.39, 0.29) is 6.03 Å². The summed E-state index contributed by atoms with van der Waals surface area (Å²) in [5, 5.41) is 5.15. The molecule has 0 bridgehead atoms. The van der Waals surface area contributed by atoms with E-state index in [1.54, 1.807) is 11.3 Å². The molecule has 0 radical (unpaired) electrons. The number of pyridine rings is 1. The molecule has 128 valence electrons. The molecule has 2 aromatic heterocycles. The number of aromatic nitrogens is 1. The maximum atomic E-state index is 12.3. The number of hydrogen-bond acceptors (Lipinski definition) is 4. The van der Waals surface area contributed by atoms with Crippen LogP contribution in [-0.2, 0) is 6.54 Å². The van der Waals surface area contributed by atoms with Gasteiger partial charge in [-0.2, -0.15) is 0 Å². The van der Waals surface area contributed by atoms with Crippen molar-refractivity contribution in [1.82, 2.24) is 20.1 Å². The number of carbonyl (C=O) groups is 1. The maximum absolute atomic E-state index is 12.3. The third-order valence-electron chi connectivity index (χ3n) is 4.36. The highest BCUT2D eigenvalue weighted by molar-refractivity contribution is 7.10. The lowest BCUT2D eigenvalue weighted by atomic mass is 10.1. The third-order valence-corrected chi connectivity index (χ3v) is 5.46. The smallest absolute Gasteiger partial charge is 0.317 e. The molecule has 5 nitrogen and oxygen atoms in total. The molecular weight excluding hydrogens is 320 g/mol. The monoisotopic (exact) mass is 344 g/mol. The van der Waals surface area contributed by atoms with Crippen molar-refractivity contribution in [2.75, 3.05) is 32.7 Å². The summed E-state index contributed by atoms with van der Waals surface area (Å²) in [7, 11) is 0. The van der Waals surface area contributed by atoms with Crippen molar-refractivity contribution in [3.63, 3.8) is 0 Å². The van der Waals surface area contributed by atoms with Crippen LogP contribution in [0.25, 0.3) is 0 Å². The average molecular weight is 344 g/mol. The number of carbonyl (C=O) groups excluding carboxylic acids is 1. The second-order valence-corrected chi connectivity index (χ2v) is 7.17. The van der Waals surface area contributed by atoms with Gasteiger partial charge >= 0.3 is 6.03 Å². The van der Waals surface area contributed by atoms with Crippen LogP contribution in [0.15, 0.2) is 41.9 Å². The fourth-order valence-electron chi connectivity index (χ4n) is 2.85. The summed E-state index contributed by atoms with van der Waals surface area (Å²) >= 11 is 1.74. The van der Waals surface area contributed by atoms with E-state index in [4.69, 9.17) is 0 Å². The molecule has 1 aliphatic heterocycles. The zero-order chi connectivity index (χ0) is 16.8. The molecule has 0 saturated carbocycles. The fraction of sp³-hybridized carbons (Fsp3) is 0.444. The van der Waals surface area contributed by atoms with E-state index in [2.05, 4.69) is 39.6 Å². The van der Waals surface area contributed by atoms with E-state index in [0.29, 0.717) is 12.5 Å². The predicted molar refractivity (Wildman–Crippen MR) is 97.2 cm³/mol. The second-order valence-electron chi connectivity index (χ2n) is 6.19. The number of hydrogen-bond donors (Lipinski definition) is 1. The minimum absolute atomic E-state index is 0.0518. The molecular formula is C18H24N4OS. The number of nitrogens with one attached hydrogen (secondary N) is 1. The van der Waals surface area contributed by atoms with Crippen LogP contribution in [0.5, 0.6) is 0 Å². The molecule has 0 unspecified atom stereocenters.